The largest absolute Gasteiger partial charge is 0.477 e. The average Bonchev–Trinajstić information content (AvgIpc) is 3.01. The molecule has 2 aliphatic rings. The van der Waals surface area contributed by atoms with Gasteiger partial charge in [-0.05, 0) is 6.42 Å². The monoisotopic (exact) mass is 251 g/mol. The molecule has 0 spiro atoms. The zero-order valence-electron chi connectivity index (χ0n) is 9.87. The summed E-state index contributed by atoms with van der Waals surface area (Å²) in [4.78, 5) is 25.1. The lowest BCUT2D eigenvalue weighted by Gasteiger charge is -2.26. The van der Waals surface area contributed by atoms with Crippen molar-refractivity contribution in [3.8, 4) is 0 Å². The zero-order chi connectivity index (χ0) is 12.9. The number of aryl methyl sites for hydroxylation is 1. The van der Waals surface area contributed by atoms with Crippen LogP contribution in [-0.2, 0) is 11.8 Å². The van der Waals surface area contributed by atoms with Crippen LogP contribution in [0.4, 0.5) is 0 Å². The van der Waals surface area contributed by atoms with Gasteiger partial charge in [-0.3, -0.25) is 9.48 Å². The van der Waals surface area contributed by atoms with E-state index in [4.69, 9.17) is 9.84 Å². The summed E-state index contributed by atoms with van der Waals surface area (Å²) >= 11 is 0. The van der Waals surface area contributed by atoms with Crippen LogP contribution in [0.15, 0.2) is 6.20 Å². The number of morpholine rings is 1. The predicted molar refractivity (Wildman–Crippen MR) is 59.3 cm³/mol. The number of carbonyl (C=O) groups excluding carboxylic acids is 1. The molecular weight excluding hydrogens is 238 g/mol. The molecule has 2 fully saturated rings. The van der Waals surface area contributed by atoms with Gasteiger partial charge in [0.15, 0.2) is 5.69 Å². The number of carbonyl (C=O) groups is 2. The molecule has 2 aliphatic heterocycles. The normalized spacial score (nSPS) is 25.7. The van der Waals surface area contributed by atoms with Crippen LogP contribution < -0.4 is 0 Å². The van der Waals surface area contributed by atoms with Crippen molar-refractivity contribution < 1.29 is 19.4 Å². The molecule has 0 saturated carbocycles. The highest BCUT2D eigenvalue weighted by atomic mass is 16.5. The van der Waals surface area contributed by atoms with Crippen LogP contribution in [0.5, 0.6) is 0 Å². The molecule has 7 nitrogen and oxygen atoms in total. The Morgan fingerprint density at radius 2 is 2.33 bits per heavy atom. The summed E-state index contributed by atoms with van der Waals surface area (Å²) < 4.78 is 6.63. The molecule has 1 aromatic heterocycles. The van der Waals surface area contributed by atoms with Crippen LogP contribution in [0, 0.1) is 0 Å². The van der Waals surface area contributed by atoms with Crippen LogP contribution in [0.1, 0.15) is 27.3 Å². The SMILES string of the molecule is Cn1ncc(C(=O)N2C[C@H]3C[C@@H]2CO3)c1C(=O)O. The fourth-order valence-corrected chi connectivity index (χ4v) is 2.65. The first-order valence-electron chi connectivity index (χ1n) is 5.75. The number of hydrogen-bond donors (Lipinski definition) is 1. The van der Waals surface area contributed by atoms with Crippen molar-refractivity contribution in [1.82, 2.24) is 14.7 Å². The van der Waals surface area contributed by atoms with Gasteiger partial charge >= 0.3 is 5.97 Å². The second-order valence-electron chi connectivity index (χ2n) is 4.64. The van der Waals surface area contributed by atoms with Gasteiger partial charge in [0.25, 0.3) is 5.91 Å². The number of carboxylic acids is 1. The summed E-state index contributed by atoms with van der Waals surface area (Å²) in [6.45, 7) is 1.08. The molecule has 18 heavy (non-hydrogen) atoms. The van der Waals surface area contributed by atoms with Gasteiger partial charge < -0.3 is 14.7 Å². The Labute approximate surface area is 103 Å². The zero-order valence-corrected chi connectivity index (χ0v) is 9.87. The highest BCUT2D eigenvalue weighted by Crippen LogP contribution is 2.29. The molecule has 2 bridgehead atoms. The number of ether oxygens (including phenoxy) is 1. The first-order valence-corrected chi connectivity index (χ1v) is 5.75. The average molecular weight is 251 g/mol. The Bertz CT molecular complexity index is 524. The number of aromatic nitrogens is 2. The van der Waals surface area contributed by atoms with Crippen LogP contribution >= 0.6 is 0 Å². The molecule has 0 aromatic carbocycles. The van der Waals surface area contributed by atoms with E-state index < -0.39 is 5.97 Å². The Morgan fingerprint density at radius 3 is 2.89 bits per heavy atom. The van der Waals surface area contributed by atoms with Gasteiger partial charge in [-0.25, -0.2) is 4.79 Å². The smallest absolute Gasteiger partial charge is 0.354 e. The Morgan fingerprint density at radius 1 is 1.56 bits per heavy atom. The van der Waals surface area contributed by atoms with E-state index in [1.54, 1.807) is 4.90 Å². The van der Waals surface area contributed by atoms with Crippen LogP contribution in [0.25, 0.3) is 0 Å². The topological polar surface area (TPSA) is 84.7 Å². The van der Waals surface area contributed by atoms with E-state index in [0.717, 1.165) is 6.42 Å². The maximum absolute atomic E-state index is 12.3. The van der Waals surface area contributed by atoms with Gasteiger partial charge in [0, 0.05) is 13.6 Å². The third kappa shape index (κ3) is 1.51. The predicted octanol–water partition coefficient (Wildman–Crippen LogP) is -0.268. The number of carboxylic acid groups (broad SMARTS) is 1. The summed E-state index contributed by atoms with van der Waals surface area (Å²) in [7, 11) is 1.51. The van der Waals surface area contributed by atoms with Crippen molar-refractivity contribution in [2.75, 3.05) is 13.2 Å². The molecule has 1 aromatic rings. The second kappa shape index (κ2) is 3.81. The van der Waals surface area contributed by atoms with E-state index in [-0.39, 0.29) is 29.3 Å². The van der Waals surface area contributed by atoms with Gasteiger partial charge in [0.2, 0.25) is 0 Å². The van der Waals surface area contributed by atoms with Crippen molar-refractivity contribution in [1.29, 1.82) is 0 Å². The molecule has 2 atom stereocenters. The van der Waals surface area contributed by atoms with Crippen molar-refractivity contribution in [3.63, 3.8) is 0 Å². The van der Waals surface area contributed by atoms with E-state index in [9.17, 15) is 9.59 Å². The molecule has 96 valence electrons. The molecule has 3 rings (SSSR count). The molecule has 7 heteroatoms. The van der Waals surface area contributed by atoms with E-state index in [2.05, 4.69) is 5.10 Å². The quantitative estimate of drug-likeness (QED) is 0.782. The summed E-state index contributed by atoms with van der Waals surface area (Å²) in [6.07, 6.45) is 2.26. The number of amides is 1. The second-order valence-corrected chi connectivity index (χ2v) is 4.64. The Hall–Kier alpha value is -1.89. The maximum Gasteiger partial charge on any atom is 0.354 e. The molecular formula is C11H13N3O4. The van der Waals surface area contributed by atoms with Crippen LogP contribution in [-0.4, -0.2) is 57.0 Å². The highest BCUT2D eigenvalue weighted by Gasteiger charge is 2.42. The standard InChI is InChI=1S/C11H13N3O4/c1-13-9(11(16)17)8(3-12-13)10(15)14-4-7-2-6(14)5-18-7/h3,6-7H,2,4-5H2,1H3,(H,16,17)/t6-,7-/m1/s1. The number of likely N-dealkylation sites (tertiary alicyclic amines) is 1. The lowest BCUT2D eigenvalue weighted by Crippen LogP contribution is -2.41. The minimum atomic E-state index is -1.14. The maximum atomic E-state index is 12.3. The molecule has 1 N–H and O–H groups in total. The molecule has 0 unspecified atom stereocenters. The van der Waals surface area contributed by atoms with Gasteiger partial charge in [0.1, 0.15) is 0 Å². The third-order valence-electron chi connectivity index (χ3n) is 3.53. The fraction of sp³-hybridized carbons (Fsp3) is 0.545. The first-order chi connectivity index (χ1) is 8.58. The van der Waals surface area contributed by atoms with Crippen molar-refractivity contribution in [2.45, 2.75) is 18.6 Å². The van der Waals surface area contributed by atoms with Gasteiger partial charge in [-0.15, -0.1) is 0 Å². The van der Waals surface area contributed by atoms with E-state index in [1.807, 2.05) is 0 Å². The first kappa shape index (κ1) is 11.2. The lowest BCUT2D eigenvalue weighted by atomic mass is 10.2. The third-order valence-corrected chi connectivity index (χ3v) is 3.53. The molecule has 3 heterocycles. The molecule has 0 aliphatic carbocycles. The number of aromatic carboxylic acids is 1. The Balaban J connectivity index is 1.91. The summed E-state index contributed by atoms with van der Waals surface area (Å²) in [5.41, 5.74) is 0.0845. The van der Waals surface area contributed by atoms with Gasteiger partial charge in [-0.2, -0.15) is 5.10 Å². The van der Waals surface area contributed by atoms with Crippen LogP contribution in [0.3, 0.4) is 0 Å². The molecule has 2 saturated heterocycles. The van der Waals surface area contributed by atoms with Crippen molar-refractivity contribution >= 4 is 11.9 Å². The number of nitrogens with zero attached hydrogens (tertiary/aromatic N) is 3. The summed E-state index contributed by atoms with van der Waals surface area (Å²) in [5, 5.41) is 13.0. The molecule has 0 radical (unpaired) electrons. The van der Waals surface area contributed by atoms with Crippen molar-refractivity contribution in [2.24, 2.45) is 7.05 Å². The Kier molecular flexibility index (Phi) is 2.37. The molecule has 1 amide bonds. The number of rotatable bonds is 2. The lowest BCUT2D eigenvalue weighted by molar-refractivity contribution is 0.0257. The minimum absolute atomic E-state index is 0.0660. The summed E-state index contributed by atoms with van der Waals surface area (Å²) in [5.74, 6) is -1.41. The fourth-order valence-electron chi connectivity index (χ4n) is 2.65. The van der Waals surface area contributed by atoms with Crippen LogP contribution in [0.2, 0.25) is 0 Å². The van der Waals surface area contributed by atoms with E-state index in [0.29, 0.717) is 13.2 Å². The van der Waals surface area contributed by atoms with E-state index >= 15 is 0 Å². The number of fused-ring (bicyclic) bond motifs is 2. The minimum Gasteiger partial charge on any atom is -0.477 e. The number of hydrogen-bond acceptors (Lipinski definition) is 4. The van der Waals surface area contributed by atoms with Gasteiger partial charge in [-0.1, -0.05) is 0 Å². The van der Waals surface area contributed by atoms with Crippen molar-refractivity contribution in [3.05, 3.63) is 17.5 Å². The highest BCUT2D eigenvalue weighted by molar-refractivity contribution is 6.03. The van der Waals surface area contributed by atoms with E-state index in [1.165, 1.54) is 17.9 Å². The summed E-state index contributed by atoms with van der Waals surface area (Å²) in [6, 6.07) is 0.0735. The van der Waals surface area contributed by atoms with Gasteiger partial charge in [0.05, 0.1) is 30.5 Å².